The normalized spacial score (nSPS) is 14.8. The first-order valence-corrected chi connectivity index (χ1v) is 24.0. The summed E-state index contributed by atoms with van der Waals surface area (Å²) in [5.74, 6) is 1.61. The molecular weight excluding hydrogens is 800 g/mol. The van der Waals surface area contributed by atoms with Gasteiger partial charge in [0, 0.05) is 33.4 Å². The molecule has 0 radical (unpaired) electrons. The van der Waals surface area contributed by atoms with E-state index in [4.69, 9.17) is 9.47 Å². The number of hydrogen-bond acceptors (Lipinski definition) is 5. The first-order chi connectivity index (χ1) is 30.1. The largest absolute Gasteiger partial charge is 0.486 e. The highest BCUT2D eigenvalue weighted by molar-refractivity contribution is 7.26. The molecule has 1 aromatic heterocycles. The van der Waals surface area contributed by atoms with Crippen LogP contribution in [-0.2, 0) is 21.7 Å². The minimum absolute atomic E-state index is 0.0173. The molecule has 4 heterocycles. The van der Waals surface area contributed by atoms with Gasteiger partial charge in [-0.1, -0.05) is 144 Å². The SMILES string of the molecule is Cc1cc(C(C)(C)C)cc(C)c1N1c2cc(C(C)(C)C)cc3c2B(c2cc4c(cc2N3c2ccc(C(C)(C)C)cc2-c2ccccc2)OCCO4)c2c1sc1ccc(C(C)(C)C)cc21. The summed E-state index contributed by atoms with van der Waals surface area (Å²) in [6, 6.07) is 39.9. The highest BCUT2D eigenvalue weighted by Gasteiger charge is 2.47. The summed E-state index contributed by atoms with van der Waals surface area (Å²) in [5, 5.41) is 2.62. The molecule has 0 atom stereocenters. The number of rotatable bonds is 3. The lowest BCUT2D eigenvalue weighted by molar-refractivity contribution is 0.172. The molecule has 0 saturated heterocycles. The van der Waals surface area contributed by atoms with Gasteiger partial charge in [-0.2, -0.15) is 0 Å². The van der Waals surface area contributed by atoms with Crippen LogP contribution in [0.2, 0.25) is 0 Å². The van der Waals surface area contributed by atoms with Crippen molar-refractivity contribution in [1.82, 2.24) is 0 Å². The zero-order valence-electron chi connectivity index (χ0n) is 40.4. The molecule has 326 valence electrons. The van der Waals surface area contributed by atoms with Crippen LogP contribution in [0, 0.1) is 13.8 Å². The Morgan fingerprint density at radius 2 is 1.05 bits per heavy atom. The summed E-state index contributed by atoms with van der Waals surface area (Å²) in [7, 11) is 0. The predicted molar refractivity (Wildman–Crippen MR) is 277 cm³/mol. The molecule has 0 fully saturated rings. The lowest BCUT2D eigenvalue weighted by Crippen LogP contribution is -2.61. The van der Waals surface area contributed by atoms with Gasteiger partial charge in [-0.05, 0) is 133 Å². The Morgan fingerprint density at radius 1 is 0.500 bits per heavy atom. The van der Waals surface area contributed by atoms with E-state index in [0.717, 1.165) is 22.9 Å². The van der Waals surface area contributed by atoms with Crippen LogP contribution in [0.3, 0.4) is 0 Å². The van der Waals surface area contributed by atoms with E-state index < -0.39 is 0 Å². The topological polar surface area (TPSA) is 24.9 Å². The van der Waals surface area contributed by atoms with Crippen LogP contribution in [0.1, 0.15) is 116 Å². The van der Waals surface area contributed by atoms with Crippen molar-refractivity contribution in [3.05, 3.63) is 137 Å². The quantitative estimate of drug-likeness (QED) is 0.165. The second-order valence-corrected chi connectivity index (χ2v) is 23.7. The molecule has 10 rings (SSSR count). The number of nitrogens with zero attached hydrogens (tertiary/aromatic N) is 2. The van der Waals surface area contributed by atoms with Gasteiger partial charge in [0.2, 0.25) is 0 Å². The minimum atomic E-state index is -0.147. The third-order valence-electron chi connectivity index (χ3n) is 13.8. The molecule has 64 heavy (non-hydrogen) atoms. The summed E-state index contributed by atoms with van der Waals surface area (Å²) >= 11 is 1.94. The van der Waals surface area contributed by atoms with Gasteiger partial charge in [-0.15, -0.1) is 11.3 Å². The van der Waals surface area contributed by atoms with Crippen molar-refractivity contribution in [1.29, 1.82) is 0 Å². The third-order valence-corrected chi connectivity index (χ3v) is 15.0. The molecule has 7 aromatic rings. The summed E-state index contributed by atoms with van der Waals surface area (Å²) in [5.41, 5.74) is 20.0. The Bertz CT molecular complexity index is 3000. The second kappa shape index (κ2) is 14.5. The molecule has 3 aliphatic rings. The molecule has 6 heteroatoms. The molecule has 4 nitrogen and oxygen atoms in total. The first-order valence-electron chi connectivity index (χ1n) is 23.2. The van der Waals surface area contributed by atoms with Crippen molar-refractivity contribution in [2.75, 3.05) is 23.0 Å². The fourth-order valence-corrected chi connectivity index (χ4v) is 11.5. The number of aryl methyl sites for hydroxylation is 2. The van der Waals surface area contributed by atoms with E-state index in [9.17, 15) is 0 Å². The molecule has 0 unspecified atom stereocenters. The zero-order valence-corrected chi connectivity index (χ0v) is 41.2. The molecule has 6 aromatic carbocycles. The van der Waals surface area contributed by atoms with E-state index in [-0.39, 0.29) is 28.4 Å². The zero-order chi connectivity index (χ0) is 45.4. The Hall–Kier alpha value is -5.46. The lowest BCUT2D eigenvalue weighted by Gasteiger charge is -2.45. The van der Waals surface area contributed by atoms with Crippen LogP contribution in [0.5, 0.6) is 11.5 Å². The van der Waals surface area contributed by atoms with Gasteiger partial charge in [0.1, 0.15) is 13.2 Å². The maximum Gasteiger partial charge on any atom is 0.254 e. The number of benzene rings is 6. The molecule has 0 spiro atoms. The van der Waals surface area contributed by atoms with E-state index in [2.05, 4.69) is 210 Å². The van der Waals surface area contributed by atoms with E-state index in [0.29, 0.717) is 13.2 Å². The molecular formula is C58H63BN2O2S. The molecule has 0 bridgehead atoms. The van der Waals surface area contributed by atoms with Crippen LogP contribution in [0.4, 0.5) is 33.4 Å². The van der Waals surface area contributed by atoms with Crippen molar-refractivity contribution in [2.24, 2.45) is 0 Å². The van der Waals surface area contributed by atoms with Crippen molar-refractivity contribution >= 4 is 78.0 Å². The number of thiophene rings is 1. The van der Waals surface area contributed by atoms with Gasteiger partial charge in [-0.25, -0.2) is 0 Å². The second-order valence-electron chi connectivity index (χ2n) is 22.7. The van der Waals surface area contributed by atoms with Gasteiger partial charge < -0.3 is 19.3 Å². The van der Waals surface area contributed by atoms with E-state index >= 15 is 0 Å². The van der Waals surface area contributed by atoms with Crippen LogP contribution >= 0.6 is 11.3 Å². The van der Waals surface area contributed by atoms with Crippen molar-refractivity contribution in [3.8, 4) is 22.6 Å². The first kappa shape index (κ1) is 42.5. The number of fused-ring (bicyclic) bond motifs is 7. The van der Waals surface area contributed by atoms with Crippen LogP contribution in [-0.4, -0.2) is 19.9 Å². The van der Waals surface area contributed by atoms with Crippen molar-refractivity contribution in [3.63, 3.8) is 0 Å². The molecule has 0 N–H and O–H groups in total. The van der Waals surface area contributed by atoms with Crippen LogP contribution in [0.25, 0.3) is 21.2 Å². The standard InChI is InChI=1S/C58H63BN2O2S/c1-34-26-39(57(9,10)11)27-35(2)53(34)61-47-31-40(58(12,13)14)30-46-52(47)59(51-42-29-38(56(6,7)8)21-23-50(42)64-54(51)61)43-32-48-49(63-25-24-62-48)33-45(43)60(46)44-22-20-37(55(3,4)5)28-41(44)36-18-16-15-17-19-36/h15-23,26-33H,24-25H2,1-14H3. The van der Waals surface area contributed by atoms with E-state index in [1.54, 1.807) is 0 Å². The van der Waals surface area contributed by atoms with Gasteiger partial charge in [0.15, 0.2) is 11.5 Å². The summed E-state index contributed by atoms with van der Waals surface area (Å²) in [4.78, 5) is 5.24. The maximum absolute atomic E-state index is 6.50. The fourth-order valence-electron chi connectivity index (χ4n) is 10.2. The highest BCUT2D eigenvalue weighted by Crippen LogP contribution is 2.53. The van der Waals surface area contributed by atoms with E-state index in [1.807, 2.05) is 11.3 Å². The third kappa shape index (κ3) is 6.85. The van der Waals surface area contributed by atoms with Gasteiger partial charge in [-0.3, -0.25) is 0 Å². The minimum Gasteiger partial charge on any atom is -0.486 e. The monoisotopic (exact) mass is 862 g/mol. The Morgan fingerprint density at radius 3 is 1.66 bits per heavy atom. The van der Waals surface area contributed by atoms with Crippen molar-refractivity contribution < 1.29 is 9.47 Å². The summed E-state index contributed by atoms with van der Waals surface area (Å²) < 4.78 is 14.3. The van der Waals surface area contributed by atoms with Gasteiger partial charge in [0.25, 0.3) is 6.71 Å². The maximum atomic E-state index is 6.50. The predicted octanol–water partition coefficient (Wildman–Crippen LogP) is 14.2. The Balaban J connectivity index is 1.39. The average molecular weight is 863 g/mol. The van der Waals surface area contributed by atoms with Gasteiger partial charge >= 0.3 is 0 Å². The molecule has 0 amide bonds. The average Bonchev–Trinajstić information content (AvgIpc) is 3.61. The molecule has 3 aliphatic heterocycles. The summed E-state index contributed by atoms with van der Waals surface area (Å²) in [6.07, 6.45) is 0. The van der Waals surface area contributed by atoms with Crippen LogP contribution in [0.15, 0.2) is 103 Å². The fraction of sp³-hybridized carbons (Fsp3) is 0.345. The molecule has 0 aliphatic carbocycles. The van der Waals surface area contributed by atoms with Crippen LogP contribution < -0.4 is 35.7 Å². The summed E-state index contributed by atoms with van der Waals surface area (Å²) in [6.45, 7) is 33.6. The van der Waals surface area contributed by atoms with E-state index in [1.165, 1.54) is 93.0 Å². The smallest absolute Gasteiger partial charge is 0.254 e. The number of ether oxygens (including phenoxy) is 2. The lowest BCUT2D eigenvalue weighted by atomic mass is 9.33. The van der Waals surface area contributed by atoms with Gasteiger partial charge in [0.05, 0.1) is 16.4 Å². The Kier molecular flexibility index (Phi) is 9.64. The van der Waals surface area contributed by atoms with Crippen molar-refractivity contribution in [2.45, 2.75) is 119 Å². The molecule has 0 saturated carbocycles. The number of hydrogen-bond donors (Lipinski definition) is 0. The Labute approximate surface area is 386 Å². The highest BCUT2D eigenvalue weighted by atomic mass is 32.1. The number of anilines is 6.